The Morgan fingerprint density at radius 2 is 2.12 bits per heavy atom. The average Bonchev–Trinajstić information content (AvgIpc) is 2.30. The zero-order valence-electron chi connectivity index (χ0n) is 10.6. The summed E-state index contributed by atoms with van der Waals surface area (Å²) in [7, 11) is 0. The maximum atomic E-state index is 4.55. The molecule has 1 aliphatic heterocycles. The molecule has 0 aliphatic carbocycles. The number of thioether (sulfide) groups is 1. The summed E-state index contributed by atoms with van der Waals surface area (Å²) in [6, 6.07) is 2.00. The Balaban J connectivity index is 2.03. The molecule has 0 unspecified atom stereocenters. The molecular formula is C12H20N4S. The van der Waals surface area contributed by atoms with Crippen LogP contribution < -0.4 is 5.32 Å². The average molecular weight is 252 g/mol. The van der Waals surface area contributed by atoms with Crippen LogP contribution in [-0.4, -0.2) is 46.0 Å². The van der Waals surface area contributed by atoms with Crippen molar-refractivity contribution in [3.63, 3.8) is 0 Å². The van der Waals surface area contributed by atoms with E-state index in [4.69, 9.17) is 0 Å². The maximum Gasteiger partial charge on any atom is 0.144 e. The molecule has 0 atom stereocenters. The van der Waals surface area contributed by atoms with Crippen molar-refractivity contribution < 1.29 is 0 Å². The van der Waals surface area contributed by atoms with Crippen LogP contribution in [0.2, 0.25) is 0 Å². The predicted octanol–water partition coefficient (Wildman–Crippen LogP) is 1.77. The lowest BCUT2D eigenvalue weighted by molar-refractivity contribution is 0.287. The molecule has 0 aromatic carbocycles. The molecule has 1 aliphatic rings. The molecule has 1 fully saturated rings. The van der Waals surface area contributed by atoms with Gasteiger partial charge < -0.3 is 5.32 Å². The van der Waals surface area contributed by atoms with Crippen molar-refractivity contribution in [2.45, 2.75) is 20.4 Å². The monoisotopic (exact) mass is 252 g/mol. The van der Waals surface area contributed by atoms with E-state index in [0.29, 0.717) is 0 Å². The van der Waals surface area contributed by atoms with Gasteiger partial charge in [0, 0.05) is 42.9 Å². The fourth-order valence-electron chi connectivity index (χ4n) is 1.93. The third-order valence-corrected chi connectivity index (χ3v) is 3.67. The molecule has 0 bridgehead atoms. The smallest absolute Gasteiger partial charge is 0.144 e. The van der Waals surface area contributed by atoms with Gasteiger partial charge in [0.05, 0.1) is 6.54 Å². The van der Waals surface area contributed by atoms with Gasteiger partial charge >= 0.3 is 0 Å². The van der Waals surface area contributed by atoms with E-state index >= 15 is 0 Å². The highest BCUT2D eigenvalue weighted by atomic mass is 32.2. The lowest BCUT2D eigenvalue weighted by Gasteiger charge is -2.25. The van der Waals surface area contributed by atoms with Gasteiger partial charge in [-0.1, -0.05) is 0 Å². The zero-order valence-corrected chi connectivity index (χ0v) is 11.4. The summed E-state index contributed by atoms with van der Waals surface area (Å²) >= 11 is 2.03. The predicted molar refractivity (Wildman–Crippen MR) is 73.5 cm³/mol. The molecule has 1 aromatic heterocycles. The van der Waals surface area contributed by atoms with E-state index in [9.17, 15) is 0 Å². The summed E-state index contributed by atoms with van der Waals surface area (Å²) in [6.07, 6.45) is 0. The van der Waals surface area contributed by atoms with Gasteiger partial charge in [0.25, 0.3) is 0 Å². The minimum Gasteiger partial charge on any atom is -0.370 e. The first-order valence-electron chi connectivity index (χ1n) is 6.16. The van der Waals surface area contributed by atoms with Crippen molar-refractivity contribution in [1.82, 2.24) is 14.9 Å². The highest BCUT2D eigenvalue weighted by Crippen LogP contribution is 2.13. The number of anilines is 1. The number of aromatic nitrogens is 2. The SMILES string of the molecule is CCNc1cc(C)nc(CN2CCSCC2)n1. The molecule has 0 amide bonds. The molecule has 0 radical (unpaired) electrons. The van der Waals surface area contributed by atoms with Crippen LogP contribution >= 0.6 is 11.8 Å². The Labute approximate surface area is 107 Å². The molecule has 4 nitrogen and oxygen atoms in total. The lowest BCUT2D eigenvalue weighted by atomic mass is 10.3. The molecule has 1 saturated heterocycles. The number of aryl methyl sites for hydroxylation is 1. The van der Waals surface area contributed by atoms with Crippen molar-refractivity contribution in [2.75, 3.05) is 36.5 Å². The van der Waals surface area contributed by atoms with Crippen LogP contribution in [0.4, 0.5) is 5.82 Å². The largest absolute Gasteiger partial charge is 0.370 e. The van der Waals surface area contributed by atoms with Gasteiger partial charge in [-0.25, -0.2) is 9.97 Å². The maximum absolute atomic E-state index is 4.55. The van der Waals surface area contributed by atoms with Gasteiger partial charge in [-0.15, -0.1) is 0 Å². The van der Waals surface area contributed by atoms with Crippen LogP contribution in [0.1, 0.15) is 18.4 Å². The van der Waals surface area contributed by atoms with Gasteiger partial charge in [-0.05, 0) is 13.8 Å². The van der Waals surface area contributed by atoms with Crippen LogP contribution in [0.25, 0.3) is 0 Å². The number of hydrogen-bond donors (Lipinski definition) is 1. The normalized spacial score (nSPS) is 17.1. The molecule has 94 valence electrons. The highest BCUT2D eigenvalue weighted by molar-refractivity contribution is 7.99. The second kappa shape index (κ2) is 6.21. The second-order valence-electron chi connectivity index (χ2n) is 4.23. The summed E-state index contributed by atoms with van der Waals surface area (Å²) in [6.45, 7) is 8.19. The van der Waals surface area contributed by atoms with E-state index in [1.807, 2.05) is 24.8 Å². The first kappa shape index (κ1) is 12.6. The third-order valence-electron chi connectivity index (χ3n) is 2.73. The molecular weight excluding hydrogens is 232 g/mol. The summed E-state index contributed by atoms with van der Waals surface area (Å²) in [5.41, 5.74) is 1.04. The van der Waals surface area contributed by atoms with Crippen molar-refractivity contribution in [3.05, 3.63) is 17.6 Å². The third kappa shape index (κ3) is 3.85. The molecule has 0 spiro atoms. The number of rotatable bonds is 4. The second-order valence-corrected chi connectivity index (χ2v) is 5.45. The number of hydrogen-bond acceptors (Lipinski definition) is 5. The molecule has 17 heavy (non-hydrogen) atoms. The standard InChI is InChI=1S/C12H20N4S/c1-3-13-11-8-10(2)14-12(15-11)9-16-4-6-17-7-5-16/h8H,3-7,9H2,1-2H3,(H,13,14,15). The Morgan fingerprint density at radius 3 is 2.82 bits per heavy atom. The van der Waals surface area contributed by atoms with Gasteiger partial charge in [0.1, 0.15) is 11.6 Å². The Morgan fingerprint density at radius 1 is 1.35 bits per heavy atom. The Bertz CT molecular complexity index is 364. The molecule has 5 heteroatoms. The van der Waals surface area contributed by atoms with Gasteiger partial charge in [-0.3, -0.25) is 4.90 Å². The summed E-state index contributed by atoms with van der Waals surface area (Å²) < 4.78 is 0. The van der Waals surface area contributed by atoms with E-state index in [0.717, 1.165) is 43.5 Å². The summed E-state index contributed by atoms with van der Waals surface area (Å²) in [5.74, 6) is 4.34. The molecule has 1 N–H and O–H groups in total. The van der Waals surface area contributed by atoms with Crippen LogP contribution in [0, 0.1) is 6.92 Å². The first-order valence-corrected chi connectivity index (χ1v) is 7.32. The minimum atomic E-state index is 0.876. The van der Waals surface area contributed by atoms with Crippen molar-refractivity contribution in [1.29, 1.82) is 0 Å². The van der Waals surface area contributed by atoms with E-state index in [1.165, 1.54) is 11.5 Å². The summed E-state index contributed by atoms with van der Waals surface area (Å²) in [4.78, 5) is 11.5. The summed E-state index contributed by atoms with van der Waals surface area (Å²) in [5, 5.41) is 3.25. The van der Waals surface area contributed by atoms with Crippen molar-refractivity contribution in [3.8, 4) is 0 Å². The van der Waals surface area contributed by atoms with Crippen LogP contribution in [-0.2, 0) is 6.54 Å². The number of nitrogens with one attached hydrogen (secondary N) is 1. The van der Waals surface area contributed by atoms with Crippen molar-refractivity contribution in [2.24, 2.45) is 0 Å². The fourth-order valence-corrected chi connectivity index (χ4v) is 2.91. The lowest BCUT2D eigenvalue weighted by Crippen LogP contribution is -2.32. The highest BCUT2D eigenvalue weighted by Gasteiger charge is 2.12. The fraction of sp³-hybridized carbons (Fsp3) is 0.667. The van der Waals surface area contributed by atoms with Gasteiger partial charge in [-0.2, -0.15) is 11.8 Å². The number of nitrogens with zero attached hydrogens (tertiary/aromatic N) is 3. The molecule has 2 heterocycles. The first-order chi connectivity index (χ1) is 8.28. The molecule has 2 rings (SSSR count). The van der Waals surface area contributed by atoms with E-state index < -0.39 is 0 Å². The van der Waals surface area contributed by atoms with E-state index in [-0.39, 0.29) is 0 Å². The van der Waals surface area contributed by atoms with Gasteiger partial charge in [0.2, 0.25) is 0 Å². The van der Waals surface area contributed by atoms with Crippen LogP contribution in [0.3, 0.4) is 0 Å². The van der Waals surface area contributed by atoms with Crippen LogP contribution in [0.5, 0.6) is 0 Å². The topological polar surface area (TPSA) is 41.1 Å². The molecule has 1 aromatic rings. The zero-order chi connectivity index (χ0) is 12.1. The quantitative estimate of drug-likeness (QED) is 0.884. The van der Waals surface area contributed by atoms with E-state index in [1.54, 1.807) is 0 Å². The van der Waals surface area contributed by atoms with Gasteiger partial charge in [0.15, 0.2) is 0 Å². The van der Waals surface area contributed by atoms with Crippen molar-refractivity contribution >= 4 is 17.6 Å². The Kier molecular flexibility index (Phi) is 4.62. The minimum absolute atomic E-state index is 0.876. The molecule has 0 saturated carbocycles. The van der Waals surface area contributed by atoms with E-state index in [2.05, 4.69) is 27.1 Å². The van der Waals surface area contributed by atoms with Crippen LogP contribution in [0.15, 0.2) is 6.07 Å². The Hall–Kier alpha value is -0.810.